The summed E-state index contributed by atoms with van der Waals surface area (Å²) in [4.78, 5) is 0. The number of hydrogen-bond donors (Lipinski definition) is 0. The van der Waals surface area contributed by atoms with Crippen LogP contribution in [0.1, 0.15) is 142 Å². The molecule has 0 rings (SSSR count). The first kappa shape index (κ1) is 38.3. The van der Waals surface area contributed by atoms with E-state index >= 15 is 0 Å². The fraction of sp³-hybridized carbons (Fsp3) is 1.00. The minimum absolute atomic E-state index is 0. The van der Waals surface area contributed by atoms with E-state index in [1.807, 2.05) is 0 Å². The van der Waals surface area contributed by atoms with Crippen molar-refractivity contribution in [3.05, 3.63) is 0 Å². The van der Waals surface area contributed by atoms with Crippen LogP contribution in [0.4, 0.5) is 0 Å². The highest BCUT2D eigenvalue weighted by atomic mass is 35.5. The van der Waals surface area contributed by atoms with Crippen molar-refractivity contribution < 1.29 is 31.1 Å². The summed E-state index contributed by atoms with van der Waals surface area (Å²) < 4.78 is 18.5. The molecule has 0 aromatic carbocycles. The molecule has 0 aromatic rings. The molecule has 0 spiro atoms. The van der Waals surface area contributed by atoms with Gasteiger partial charge < -0.3 is 31.1 Å². The monoisotopic (exact) mass is 535 g/mol. The standard InChI is InChI=1S/C31H66NO3.ClH/c1-8-10-12-14-16-17-18-20-22-24-28-32(3,4)29-25-27-30(31(33-5,34-6)35-7)26-23-21-19-15-13-11-9-2;/h30H,8-29H2,1-7H3;1H/q+1;/p-1. The number of nitrogens with zero attached hydrogens (tertiary/aromatic N) is 1. The highest BCUT2D eigenvalue weighted by Crippen LogP contribution is 2.32. The highest BCUT2D eigenvalue weighted by molar-refractivity contribution is 4.72. The van der Waals surface area contributed by atoms with E-state index in [0.29, 0.717) is 0 Å². The molecule has 0 fully saturated rings. The van der Waals surface area contributed by atoms with E-state index in [9.17, 15) is 0 Å². The third-order valence-electron chi connectivity index (χ3n) is 7.94. The van der Waals surface area contributed by atoms with Crippen molar-refractivity contribution in [2.45, 2.75) is 148 Å². The summed E-state index contributed by atoms with van der Waals surface area (Å²) in [6.07, 6.45) is 26.8. The van der Waals surface area contributed by atoms with Crippen molar-refractivity contribution in [3.8, 4) is 0 Å². The minimum atomic E-state index is -0.907. The van der Waals surface area contributed by atoms with E-state index in [4.69, 9.17) is 14.2 Å². The normalized spacial score (nSPS) is 13.1. The van der Waals surface area contributed by atoms with Crippen molar-refractivity contribution in [3.63, 3.8) is 0 Å². The van der Waals surface area contributed by atoms with Gasteiger partial charge in [0.1, 0.15) is 0 Å². The molecular weight excluding hydrogens is 470 g/mol. The Morgan fingerprint density at radius 2 is 0.833 bits per heavy atom. The third kappa shape index (κ3) is 19.2. The van der Waals surface area contributed by atoms with Crippen LogP contribution in [0, 0.1) is 5.92 Å². The first-order chi connectivity index (χ1) is 16.9. The zero-order valence-electron chi connectivity index (χ0n) is 25.7. The molecule has 0 bridgehead atoms. The van der Waals surface area contributed by atoms with Gasteiger partial charge in [-0.15, -0.1) is 0 Å². The molecule has 1 unspecified atom stereocenters. The Labute approximate surface area is 233 Å². The molecule has 0 aromatic heterocycles. The van der Waals surface area contributed by atoms with Crippen LogP contribution in [0.5, 0.6) is 0 Å². The van der Waals surface area contributed by atoms with Gasteiger partial charge in [-0.2, -0.15) is 0 Å². The second-order valence-electron chi connectivity index (χ2n) is 11.5. The Hall–Kier alpha value is 0.130. The van der Waals surface area contributed by atoms with Crippen LogP contribution in [0.3, 0.4) is 0 Å². The molecule has 220 valence electrons. The van der Waals surface area contributed by atoms with E-state index in [0.717, 1.165) is 17.3 Å². The van der Waals surface area contributed by atoms with Crippen molar-refractivity contribution in [1.29, 1.82) is 0 Å². The fourth-order valence-electron chi connectivity index (χ4n) is 5.50. The molecule has 0 heterocycles. The lowest BCUT2D eigenvalue weighted by molar-refractivity contribution is -0.890. The van der Waals surface area contributed by atoms with Gasteiger partial charge in [-0.05, 0) is 32.1 Å². The van der Waals surface area contributed by atoms with Crippen molar-refractivity contribution >= 4 is 0 Å². The average molecular weight is 536 g/mol. The van der Waals surface area contributed by atoms with Crippen LogP contribution in [0.2, 0.25) is 0 Å². The van der Waals surface area contributed by atoms with Gasteiger partial charge >= 0.3 is 0 Å². The Morgan fingerprint density at radius 1 is 0.500 bits per heavy atom. The molecule has 0 saturated heterocycles. The zero-order chi connectivity index (χ0) is 26.3. The summed E-state index contributed by atoms with van der Waals surface area (Å²) in [6, 6.07) is 0. The minimum Gasteiger partial charge on any atom is -1.00 e. The summed E-state index contributed by atoms with van der Waals surface area (Å²) in [6.45, 7) is 7.06. The van der Waals surface area contributed by atoms with Gasteiger partial charge in [0.05, 0.1) is 27.2 Å². The van der Waals surface area contributed by atoms with E-state index in [1.54, 1.807) is 21.3 Å². The summed E-state index contributed by atoms with van der Waals surface area (Å²) in [7, 11) is 9.95. The van der Waals surface area contributed by atoms with Crippen molar-refractivity contribution in [2.75, 3.05) is 48.5 Å². The average Bonchev–Trinajstić information content (AvgIpc) is 2.85. The molecule has 4 nitrogen and oxygen atoms in total. The number of ether oxygens (including phenoxy) is 3. The SMILES string of the molecule is CCCCCCCCCCCC[N+](C)(C)CCCC(CCCCCCCCC)C(OC)(OC)OC.[Cl-]. The molecule has 0 aliphatic heterocycles. The van der Waals surface area contributed by atoms with Crippen LogP contribution in [0.25, 0.3) is 0 Å². The first-order valence-electron chi connectivity index (χ1n) is 15.4. The summed E-state index contributed by atoms with van der Waals surface area (Å²) in [5.74, 6) is -0.633. The lowest BCUT2D eigenvalue weighted by Gasteiger charge is -2.37. The lowest BCUT2D eigenvalue weighted by atomic mass is 9.92. The number of methoxy groups -OCH3 is 3. The maximum atomic E-state index is 5.78. The van der Waals surface area contributed by atoms with E-state index in [1.165, 1.54) is 129 Å². The van der Waals surface area contributed by atoms with Gasteiger partial charge in [0.2, 0.25) is 0 Å². The predicted octanol–water partition coefficient (Wildman–Crippen LogP) is 6.12. The molecule has 0 N–H and O–H groups in total. The quantitative estimate of drug-likeness (QED) is 0.0720. The van der Waals surface area contributed by atoms with Crippen LogP contribution in [-0.2, 0) is 14.2 Å². The highest BCUT2D eigenvalue weighted by Gasteiger charge is 2.39. The smallest absolute Gasteiger partial charge is 0.285 e. The zero-order valence-corrected chi connectivity index (χ0v) is 26.4. The fourth-order valence-corrected chi connectivity index (χ4v) is 5.50. The Kier molecular flexibility index (Phi) is 27.0. The molecule has 0 radical (unpaired) electrons. The van der Waals surface area contributed by atoms with Crippen LogP contribution in [-0.4, -0.2) is 59.0 Å². The largest absolute Gasteiger partial charge is 1.00 e. The second kappa shape index (κ2) is 25.4. The Balaban J connectivity index is 0. The van der Waals surface area contributed by atoms with Gasteiger partial charge in [0, 0.05) is 27.2 Å². The maximum absolute atomic E-state index is 5.78. The molecule has 5 heteroatoms. The molecule has 0 amide bonds. The Morgan fingerprint density at radius 3 is 1.25 bits per heavy atom. The van der Waals surface area contributed by atoms with E-state index in [2.05, 4.69) is 27.9 Å². The summed E-state index contributed by atoms with van der Waals surface area (Å²) >= 11 is 0. The van der Waals surface area contributed by atoms with Gasteiger partial charge in [-0.1, -0.05) is 110 Å². The van der Waals surface area contributed by atoms with Gasteiger partial charge in [-0.3, -0.25) is 0 Å². The summed E-state index contributed by atoms with van der Waals surface area (Å²) in [5.41, 5.74) is 0. The van der Waals surface area contributed by atoms with E-state index in [-0.39, 0.29) is 18.3 Å². The molecule has 0 saturated carbocycles. The first-order valence-corrected chi connectivity index (χ1v) is 15.4. The number of hydrogen-bond acceptors (Lipinski definition) is 3. The van der Waals surface area contributed by atoms with Crippen molar-refractivity contribution in [1.82, 2.24) is 0 Å². The van der Waals surface area contributed by atoms with Crippen molar-refractivity contribution in [2.24, 2.45) is 5.92 Å². The second-order valence-corrected chi connectivity index (χ2v) is 11.5. The molecule has 0 aliphatic rings. The third-order valence-corrected chi connectivity index (χ3v) is 7.94. The lowest BCUT2D eigenvalue weighted by Crippen LogP contribution is -3.00. The maximum Gasteiger partial charge on any atom is 0.285 e. The van der Waals surface area contributed by atoms with Gasteiger partial charge in [0.25, 0.3) is 5.97 Å². The Bertz CT molecular complexity index is 435. The van der Waals surface area contributed by atoms with Crippen LogP contribution >= 0.6 is 0 Å². The predicted molar refractivity (Wildman–Crippen MR) is 153 cm³/mol. The number of unbranched alkanes of at least 4 members (excludes halogenated alkanes) is 15. The topological polar surface area (TPSA) is 27.7 Å². The van der Waals surface area contributed by atoms with Gasteiger partial charge in [0.15, 0.2) is 0 Å². The molecule has 1 atom stereocenters. The van der Waals surface area contributed by atoms with E-state index < -0.39 is 5.97 Å². The van der Waals surface area contributed by atoms with Crippen LogP contribution < -0.4 is 12.4 Å². The molecular formula is C31H66ClNO3. The molecule has 36 heavy (non-hydrogen) atoms. The summed E-state index contributed by atoms with van der Waals surface area (Å²) in [5, 5.41) is 0. The molecule has 0 aliphatic carbocycles. The number of rotatable bonds is 27. The number of halogens is 1. The van der Waals surface area contributed by atoms with Gasteiger partial charge in [-0.25, -0.2) is 0 Å². The number of quaternary nitrogens is 1. The van der Waals surface area contributed by atoms with Crippen LogP contribution in [0.15, 0.2) is 0 Å².